The third-order valence-electron chi connectivity index (χ3n) is 3.38. The smallest absolute Gasteiger partial charge is 0.239 e. The van der Waals surface area contributed by atoms with Gasteiger partial charge in [-0.1, -0.05) is 13.8 Å². The molecule has 0 aliphatic carbocycles. The van der Waals surface area contributed by atoms with Crippen molar-refractivity contribution in [2.75, 3.05) is 33.2 Å². The summed E-state index contributed by atoms with van der Waals surface area (Å²) >= 11 is 0. The van der Waals surface area contributed by atoms with Crippen LogP contribution in [0.1, 0.15) is 33.1 Å². The molecular formula is C14H27N3O2. The predicted molar refractivity (Wildman–Crippen MR) is 75.7 cm³/mol. The van der Waals surface area contributed by atoms with E-state index in [4.69, 9.17) is 0 Å². The molecule has 2 amide bonds. The van der Waals surface area contributed by atoms with E-state index in [2.05, 4.69) is 10.6 Å². The SMILES string of the molecule is CC(C)CNC(=O)CN(C)C(=O)CC1CCCNC1. The number of nitrogens with zero attached hydrogens (tertiary/aromatic N) is 1. The molecule has 0 bridgehead atoms. The Hall–Kier alpha value is -1.10. The van der Waals surface area contributed by atoms with Crippen LogP contribution in [0, 0.1) is 11.8 Å². The van der Waals surface area contributed by atoms with Gasteiger partial charge in [0.2, 0.25) is 11.8 Å². The van der Waals surface area contributed by atoms with Crippen molar-refractivity contribution in [3.05, 3.63) is 0 Å². The molecule has 1 atom stereocenters. The number of nitrogens with one attached hydrogen (secondary N) is 2. The first kappa shape index (κ1) is 16.0. The first-order valence-electron chi connectivity index (χ1n) is 7.20. The zero-order chi connectivity index (χ0) is 14.3. The molecule has 0 aromatic heterocycles. The Morgan fingerprint density at radius 3 is 2.74 bits per heavy atom. The Kier molecular flexibility index (Phi) is 6.84. The van der Waals surface area contributed by atoms with Gasteiger partial charge in [0, 0.05) is 20.0 Å². The molecule has 1 heterocycles. The molecule has 0 radical (unpaired) electrons. The van der Waals surface area contributed by atoms with Gasteiger partial charge in [0.15, 0.2) is 0 Å². The summed E-state index contributed by atoms with van der Waals surface area (Å²) in [5.41, 5.74) is 0. The molecule has 0 saturated carbocycles. The van der Waals surface area contributed by atoms with Gasteiger partial charge in [-0.15, -0.1) is 0 Å². The van der Waals surface area contributed by atoms with Gasteiger partial charge in [0.1, 0.15) is 0 Å². The number of carbonyl (C=O) groups is 2. The summed E-state index contributed by atoms with van der Waals surface area (Å²) in [6.45, 7) is 6.88. The van der Waals surface area contributed by atoms with E-state index < -0.39 is 0 Å². The largest absolute Gasteiger partial charge is 0.354 e. The summed E-state index contributed by atoms with van der Waals surface area (Å²) in [6.07, 6.45) is 2.78. The summed E-state index contributed by atoms with van der Waals surface area (Å²) in [7, 11) is 1.70. The molecule has 5 nitrogen and oxygen atoms in total. The van der Waals surface area contributed by atoms with Gasteiger partial charge >= 0.3 is 0 Å². The number of hydrogen-bond acceptors (Lipinski definition) is 3. The lowest BCUT2D eigenvalue weighted by Crippen LogP contribution is -2.41. The fourth-order valence-corrected chi connectivity index (χ4v) is 2.18. The summed E-state index contributed by atoms with van der Waals surface area (Å²) in [4.78, 5) is 25.2. The minimum atomic E-state index is -0.0775. The van der Waals surface area contributed by atoms with Crippen LogP contribution in [-0.4, -0.2) is 49.9 Å². The standard InChI is InChI=1S/C14H27N3O2/c1-11(2)8-16-13(18)10-17(3)14(19)7-12-5-4-6-15-9-12/h11-12,15H,4-10H2,1-3H3,(H,16,18). The van der Waals surface area contributed by atoms with Gasteiger partial charge in [0.25, 0.3) is 0 Å². The molecule has 1 aliphatic heterocycles. The van der Waals surface area contributed by atoms with Crippen LogP contribution in [0.2, 0.25) is 0 Å². The molecule has 1 unspecified atom stereocenters. The second-order valence-electron chi connectivity index (χ2n) is 5.86. The van der Waals surface area contributed by atoms with Crippen molar-refractivity contribution in [2.45, 2.75) is 33.1 Å². The lowest BCUT2D eigenvalue weighted by Gasteiger charge is -2.24. The number of rotatable bonds is 6. The topological polar surface area (TPSA) is 61.4 Å². The lowest BCUT2D eigenvalue weighted by molar-refractivity contribution is -0.135. The summed E-state index contributed by atoms with van der Waals surface area (Å²) in [5, 5.41) is 6.13. The average molecular weight is 269 g/mol. The maximum absolute atomic E-state index is 12.0. The molecule has 0 spiro atoms. The molecule has 110 valence electrons. The van der Waals surface area contributed by atoms with Gasteiger partial charge in [-0.05, 0) is 37.8 Å². The molecule has 5 heteroatoms. The van der Waals surface area contributed by atoms with Crippen LogP contribution in [0.4, 0.5) is 0 Å². The lowest BCUT2D eigenvalue weighted by atomic mass is 9.96. The summed E-state index contributed by atoms with van der Waals surface area (Å²) in [5.74, 6) is 0.834. The van der Waals surface area contributed by atoms with E-state index in [1.165, 1.54) is 4.90 Å². The summed E-state index contributed by atoms with van der Waals surface area (Å²) < 4.78 is 0. The second-order valence-corrected chi connectivity index (χ2v) is 5.86. The van der Waals surface area contributed by atoms with Crippen molar-refractivity contribution in [3.63, 3.8) is 0 Å². The molecule has 1 saturated heterocycles. The molecule has 0 aromatic rings. The van der Waals surface area contributed by atoms with Gasteiger partial charge < -0.3 is 15.5 Å². The van der Waals surface area contributed by atoms with Gasteiger partial charge in [-0.2, -0.15) is 0 Å². The van der Waals surface area contributed by atoms with E-state index in [0.717, 1.165) is 25.9 Å². The van der Waals surface area contributed by atoms with Crippen LogP contribution >= 0.6 is 0 Å². The first-order chi connectivity index (χ1) is 8.99. The van der Waals surface area contributed by atoms with Crippen LogP contribution in [0.3, 0.4) is 0 Å². The van der Waals surface area contributed by atoms with Crippen LogP contribution in [0.15, 0.2) is 0 Å². The number of carbonyl (C=O) groups excluding carboxylic acids is 2. The maximum atomic E-state index is 12.0. The monoisotopic (exact) mass is 269 g/mol. The molecule has 1 rings (SSSR count). The Balaban J connectivity index is 2.25. The third-order valence-corrected chi connectivity index (χ3v) is 3.38. The zero-order valence-electron chi connectivity index (χ0n) is 12.4. The fourth-order valence-electron chi connectivity index (χ4n) is 2.18. The Morgan fingerprint density at radius 2 is 2.16 bits per heavy atom. The van der Waals surface area contributed by atoms with Crippen molar-refractivity contribution >= 4 is 11.8 Å². The third kappa shape index (κ3) is 6.57. The highest BCUT2D eigenvalue weighted by Crippen LogP contribution is 2.14. The highest BCUT2D eigenvalue weighted by Gasteiger charge is 2.20. The molecule has 19 heavy (non-hydrogen) atoms. The van der Waals surface area contributed by atoms with Crippen LogP contribution in [-0.2, 0) is 9.59 Å². The van der Waals surface area contributed by atoms with Crippen LogP contribution < -0.4 is 10.6 Å². The maximum Gasteiger partial charge on any atom is 0.239 e. The Morgan fingerprint density at radius 1 is 1.42 bits per heavy atom. The van der Waals surface area contributed by atoms with Gasteiger partial charge in [-0.25, -0.2) is 0 Å². The minimum absolute atomic E-state index is 0.0633. The van der Waals surface area contributed by atoms with E-state index in [-0.39, 0.29) is 18.4 Å². The molecule has 2 N–H and O–H groups in total. The minimum Gasteiger partial charge on any atom is -0.354 e. The molecular weight excluding hydrogens is 242 g/mol. The Bertz CT molecular complexity index is 299. The molecule has 1 fully saturated rings. The zero-order valence-corrected chi connectivity index (χ0v) is 12.4. The normalized spacial score (nSPS) is 19.3. The van der Waals surface area contributed by atoms with E-state index in [1.54, 1.807) is 7.05 Å². The number of piperidine rings is 1. The van der Waals surface area contributed by atoms with Gasteiger partial charge in [0.05, 0.1) is 6.54 Å². The highest BCUT2D eigenvalue weighted by atomic mass is 16.2. The second kappa shape index (κ2) is 8.15. The summed E-state index contributed by atoms with van der Waals surface area (Å²) in [6, 6.07) is 0. The van der Waals surface area contributed by atoms with Crippen molar-refractivity contribution in [1.82, 2.24) is 15.5 Å². The van der Waals surface area contributed by atoms with Crippen LogP contribution in [0.5, 0.6) is 0 Å². The van der Waals surface area contributed by atoms with Crippen molar-refractivity contribution in [3.8, 4) is 0 Å². The van der Waals surface area contributed by atoms with E-state index in [0.29, 0.717) is 24.8 Å². The van der Waals surface area contributed by atoms with Crippen molar-refractivity contribution in [1.29, 1.82) is 0 Å². The van der Waals surface area contributed by atoms with E-state index in [1.807, 2.05) is 13.8 Å². The molecule has 1 aliphatic rings. The number of amides is 2. The van der Waals surface area contributed by atoms with Crippen molar-refractivity contribution < 1.29 is 9.59 Å². The van der Waals surface area contributed by atoms with E-state index in [9.17, 15) is 9.59 Å². The number of likely N-dealkylation sites (N-methyl/N-ethyl adjacent to an activating group) is 1. The Labute approximate surface area is 116 Å². The predicted octanol–water partition coefficient (Wildman–Crippen LogP) is 0.607. The van der Waals surface area contributed by atoms with Crippen LogP contribution in [0.25, 0.3) is 0 Å². The van der Waals surface area contributed by atoms with E-state index >= 15 is 0 Å². The average Bonchev–Trinajstić information content (AvgIpc) is 2.37. The molecule has 0 aromatic carbocycles. The fraction of sp³-hybridized carbons (Fsp3) is 0.857. The quantitative estimate of drug-likeness (QED) is 0.742. The van der Waals surface area contributed by atoms with Gasteiger partial charge in [-0.3, -0.25) is 9.59 Å². The van der Waals surface area contributed by atoms with Crippen molar-refractivity contribution in [2.24, 2.45) is 11.8 Å². The first-order valence-corrected chi connectivity index (χ1v) is 7.20. The number of hydrogen-bond donors (Lipinski definition) is 2. The highest BCUT2D eigenvalue weighted by molar-refractivity contribution is 5.84.